The monoisotopic (exact) mass is 428 g/mol. The molecule has 1 aromatic carbocycles. The summed E-state index contributed by atoms with van der Waals surface area (Å²) in [6, 6.07) is 4.40. The maximum Gasteiger partial charge on any atom is 0.324 e. The van der Waals surface area contributed by atoms with Crippen molar-refractivity contribution in [2.24, 2.45) is 0 Å². The first-order valence-corrected chi connectivity index (χ1v) is 9.44. The molecule has 0 aliphatic carbocycles. The predicted octanol–water partition coefficient (Wildman–Crippen LogP) is 2.96. The van der Waals surface area contributed by atoms with E-state index in [1.165, 1.54) is 9.80 Å². The number of amides is 3. The molecule has 3 rings (SSSR count). The molecule has 1 aliphatic rings. The van der Waals surface area contributed by atoms with Crippen LogP contribution in [0.3, 0.4) is 0 Å². The van der Waals surface area contributed by atoms with Crippen LogP contribution in [-0.2, 0) is 16.0 Å². The topological polar surface area (TPSA) is 103 Å². The second kappa shape index (κ2) is 8.12. The van der Waals surface area contributed by atoms with E-state index in [0.29, 0.717) is 28.0 Å². The minimum Gasteiger partial charge on any atom is -0.481 e. The van der Waals surface area contributed by atoms with Crippen LogP contribution in [0.2, 0.25) is 10.0 Å². The Labute approximate surface area is 168 Å². The number of rotatable bonds is 4. The number of thiazole rings is 1. The Bertz CT molecular complexity index is 904. The number of aromatic nitrogens is 1. The third-order valence-corrected chi connectivity index (χ3v) is 5.15. The van der Waals surface area contributed by atoms with E-state index in [4.69, 9.17) is 28.3 Å². The fourth-order valence-corrected chi connectivity index (χ4v) is 3.78. The molecule has 0 atom stereocenters. The van der Waals surface area contributed by atoms with E-state index in [0.717, 1.165) is 11.3 Å². The van der Waals surface area contributed by atoms with Crippen molar-refractivity contribution < 1.29 is 19.5 Å². The average molecular weight is 429 g/mol. The first-order valence-electron chi connectivity index (χ1n) is 7.81. The molecule has 8 nitrogen and oxygen atoms in total. The summed E-state index contributed by atoms with van der Waals surface area (Å²) >= 11 is 13.2. The van der Waals surface area contributed by atoms with Crippen LogP contribution in [0.25, 0.3) is 0 Å². The molecule has 0 bridgehead atoms. The van der Waals surface area contributed by atoms with E-state index in [-0.39, 0.29) is 30.5 Å². The number of carbonyl (C=O) groups excluding carboxylic acids is 2. The van der Waals surface area contributed by atoms with Crippen molar-refractivity contribution in [3.63, 3.8) is 0 Å². The number of carboxylic acids is 1. The number of hydrogen-bond acceptors (Lipinski definition) is 5. The lowest BCUT2D eigenvalue weighted by atomic mass is 10.2. The van der Waals surface area contributed by atoms with Crippen LogP contribution in [0.4, 0.5) is 15.6 Å². The van der Waals surface area contributed by atoms with Gasteiger partial charge in [-0.25, -0.2) is 9.78 Å². The molecular weight excluding hydrogens is 415 g/mol. The Morgan fingerprint density at radius 1 is 1.30 bits per heavy atom. The fourth-order valence-electron chi connectivity index (χ4n) is 2.57. The van der Waals surface area contributed by atoms with Gasteiger partial charge in [0.25, 0.3) is 0 Å². The van der Waals surface area contributed by atoms with Crippen molar-refractivity contribution >= 4 is 63.3 Å². The Morgan fingerprint density at radius 3 is 2.74 bits per heavy atom. The standard InChI is InChI=1S/C16H14Cl2N4O4S/c17-9-1-2-12(11(18)5-9)22-4-3-21(7-13(22)23)16(26)20-15-19-10(8-27-15)6-14(24)25/h1-2,5,8H,3-4,6-7H2,(H,24,25)(H,19,20,26). The summed E-state index contributed by atoms with van der Waals surface area (Å²) in [5, 5.41) is 14.0. The highest BCUT2D eigenvalue weighted by molar-refractivity contribution is 7.13. The summed E-state index contributed by atoms with van der Waals surface area (Å²) in [6.07, 6.45) is -0.217. The number of carboxylic acid groups (broad SMARTS) is 1. The Balaban J connectivity index is 1.61. The molecule has 0 spiro atoms. The van der Waals surface area contributed by atoms with Gasteiger partial charge < -0.3 is 14.9 Å². The van der Waals surface area contributed by atoms with Gasteiger partial charge in [-0.1, -0.05) is 23.2 Å². The number of aliphatic carboxylic acids is 1. The summed E-state index contributed by atoms with van der Waals surface area (Å²) in [7, 11) is 0. The lowest BCUT2D eigenvalue weighted by Gasteiger charge is -2.34. The molecule has 3 amide bonds. The van der Waals surface area contributed by atoms with Crippen LogP contribution in [0.1, 0.15) is 5.69 Å². The maximum absolute atomic E-state index is 12.5. The number of hydrogen-bond donors (Lipinski definition) is 2. The quantitative estimate of drug-likeness (QED) is 0.778. The van der Waals surface area contributed by atoms with Gasteiger partial charge in [-0.2, -0.15) is 0 Å². The van der Waals surface area contributed by atoms with Crippen molar-refractivity contribution in [1.82, 2.24) is 9.88 Å². The summed E-state index contributed by atoms with van der Waals surface area (Å²) in [5.74, 6) is -1.27. The van der Waals surface area contributed by atoms with Crippen molar-refractivity contribution in [3.8, 4) is 0 Å². The van der Waals surface area contributed by atoms with Gasteiger partial charge in [-0.15, -0.1) is 11.3 Å². The molecule has 2 N–H and O–H groups in total. The van der Waals surface area contributed by atoms with Crippen molar-refractivity contribution in [2.45, 2.75) is 6.42 Å². The SMILES string of the molecule is O=C(O)Cc1csc(NC(=O)N2CCN(c3ccc(Cl)cc3Cl)C(=O)C2)n1. The molecule has 0 saturated carbocycles. The van der Waals surface area contributed by atoms with Gasteiger partial charge in [-0.05, 0) is 18.2 Å². The molecule has 1 fully saturated rings. The molecule has 0 unspecified atom stereocenters. The Morgan fingerprint density at radius 2 is 2.07 bits per heavy atom. The minimum atomic E-state index is -0.999. The summed E-state index contributed by atoms with van der Waals surface area (Å²) in [4.78, 5) is 42.4. The molecule has 2 heterocycles. The van der Waals surface area contributed by atoms with E-state index in [2.05, 4.69) is 10.3 Å². The number of nitrogens with one attached hydrogen (secondary N) is 1. The van der Waals surface area contributed by atoms with Crippen molar-refractivity contribution in [1.29, 1.82) is 0 Å². The second-order valence-corrected chi connectivity index (χ2v) is 7.41. The molecule has 11 heteroatoms. The first-order chi connectivity index (χ1) is 12.8. The number of urea groups is 1. The van der Waals surface area contributed by atoms with Gasteiger partial charge in [0.15, 0.2) is 5.13 Å². The van der Waals surface area contributed by atoms with Gasteiger partial charge in [0.2, 0.25) is 5.91 Å². The summed E-state index contributed by atoms with van der Waals surface area (Å²) in [6.45, 7) is 0.484. The molecular formula is C16H14Cl2N4O4S. The van der Waals surface area contributed by atoms with Gasteiger partial charge >= 0.3 is 12.0 Å². The molecule has 1 saturated heterocycles. The van der Waals surface area contributed by atoms with Crippen molar-refractivity contribution in [2.75, 3.05) is 29.9 Å². The molecule has 142 valence electrons. The summed E-state index contributed by atoms with van der Waals surface area (Å²) in [5.41, 5.74) is 0.908. The van der Waals surface area contributed by atoms with Crippen LogP contribution in [0.5, 0.6) is 0 Å². The zero-order chi connectivity index (χ0) is 19.6. The fraction of sp³-hybridized carbons (Fsp3) is 0.250. The normalized spacial score (nSPS) is 14.4. The Kier molecular flexibility index (Phi) is 5.83. The highest BCUT2D eigenvalue weighted by Gasteiger charge is 2.29. The van der Waals surface area contributed by atoms with Crippen LogP contribution in [-0.4, -0.2) is 52.5 Å². The number of piperazine rings is 1. The van der Waals surface area contributed by atoms with E-state index in [1.54, 1.807) is 23.6 Å². The molecule has 0 radical (unpaired) electrons. The highest BCUT2D eigenvalue weighted by atomic mass is 35.5. The van der Waals surface area contributed by atoms with E-state index < -0.39 is 12.0 Å². The Hall–Kier alpha value is -2.36. The van der Waals surface area contributed by atoms with Crippen LogP contribution in [0, 0.1) is 0 Å². The number of carbonyl (C=O) groups is 3. The van der Waals surface area contributed by atoms with E-state index in [1.807, 2.05) is 0 Å². The largest absolute Gasteiger partial charge is 0.481 e. The highest BCUT2D eigenvalue weighted by Crippen LogP contribution is 2.30. The number of benzene rings is 1. The predicted molar refractivity (Wildman–Crippen MR) is 103 cm³/mol. The lowest BCUT2D eigenvalue weighted by molar-refractivity contribution is -0.136. The second-order valence-electron chi connectivity index (χ2n) is 5.71. The minimum absolute atomic E-state index is 0.113. The van der Waals surface area contributed by atoms with Gasteiger partial charge in [0, 0.05) is 23.5 Å². The molecule has 1 aliphatic heterocycles. The average Bonchev–Trinajstić information content (AvgIpc) is 3.01. The molecule has 2 aromatic rings. The summed E-state index contributed by atoms with van der Waals surface area (Å²) < 4.78 is 0. The van der Waals surface area contributed by atoms with Gasteiger partial charge in [0.05, 0.1) is 22.8 Å². The smallest absolute Gasteiger partial charge is 0.324 e. The molecule has 1 aromatic heterocycles. The molecule has 27 heavy (non-hydrogen) atoms. The van der Waals surface area contributed by atoms with Crippen LogP contribution >= 0.6 is 34.5 Å². The van der Waals surface area contributed by atoms with Crippen LogP contribution < -0.4 is 10.2 Å². The van der Waals surface area contributed by atoms with Crippen LogP contribution in [0.15, 0.2) is 23.6 Å². The number of nitrogens with zero attached hydrogens (tertiary/aromatic N) is 3. The first kappa shape index (κ1) is 19.4. The van der Waals surface area contributed by atoms with Crippen molar-refractivity contribution in [3.05, 3.63) is 39.3 Å². The van der Waals surface area contributed by atoms with E-state index in [9.17, 15) is 14.4 Å². The third-order valence-electron chi connectivity index (χ3n) is 3.81. The zero-order valence-corrected chi connectivity index (χ0v) is 16.1. The third kappa shape index (κ3) is 4.68. The number of halogens is 2. The van der Waals surface area contributed by atoms with E-state index >= 15 is 0 Å². The van der Waals surface area contributed by atoms with Gasteiger partial charge in [0.1, 0.15) is 6.54 Å². The van der Waals surface area contributed by atoms with Gasteiger partial charge in [-0.3, -0.25) is 14.9 Å². The number of anilines is 2. The maximum atomic E-state index is 12.5. The zero-order valence-electron chi connectivity index (χ0n) is 13.8. The lowest BCUT2D eigenvalue weighted by Crippen LogP contribution is -2.53.